The van der Waals surface area contributed by atoms with Gasteiger partial charge in [0.1, 0.15) is 0 Å². The SMILES string of the molecule is NCCC1c2ccsc2-c2c(Cl)cccc21. The number of benzene rings is 1. The first-order valence-electron chi connectivity index (χ1n) is 5.39. The molecule has 1 nitrogen and oxygen atoms in total. The second-order valence-electron chi connectivity index (χ2n) is 4.04. The van der Waals surface area contributed by atoms with Crippen LogP contribution < -0.4 is 5.73 Å². The molecule has 1 aromatic heterocycles. The molecule has 0 saturated heterocycles. The van der Waals surface area contributed by atoms with Gasteiger partial charge in [0.05, 0.1) is 0 Å². The molecular weight excluding hydrogens is 238 g/mol. The summed E-state index contributed by atoms with van der Waals surface area (Å²) < 4.78 is 0. The van der Waals surface area contributed by atoms with Crippen molar-refractivity contribution in [2.45, 2.75) is 12.3 Å². The predicted molar refractivity (Wildman–Crippen MR) is 70.3 cm³/mol. The van der Waals surface area contributed by atoms with Crippen LogP contribution in [0.4, 0.5) is 0 Å². The molecule has 2 aromatic rings. The van der Waals surface area contributed by atoms with Crippen molar-refractivity contribution >= 4 is 22.9 Å². The molecule has 1 heterocycles. The first-order chi connectivity index (χ1) is 7.83. The number of fused-ring (bicyclic) bond motifs is 3. The summed E-state index contributed by atoms with van der Waals surface area (Å²) in [5.74, 6) is 0.444. The fraction of sp³-hybridized carbons (Fsp3) is 0.231. The second kappa shape index (κ2) is 3.88. The summed E-state index contributed by atoms with van der Waals surface area (Å²) in [6.07, 6.45) is 0.997. The van der Waals surface area contributed by atoms with E-state index < -0.39 is 0 Å². The van der Waals surface area contributed by atoms with Crippen molar-refractivity contribution in [2.24, 2.45) is 5.73 Å². The quantitative estimate of drug-likeness (QED) is 0.859. The molecule has 16 heavy (non-hydrogen) atoms. The van der Waals surface area contributed by atoms with Crippen LogP contribution >= 0.6 is 22.9 Å². The topological polar surface area (TPSA) is 26.0 Å². The third kappa shape index (κ3) is 1.34. The lowest BCUT2D eigenvalue weighted by Gasteiger charge is -2.11. The van der Waals surface area contributed by atoms with E-state index in [0.717, 1.165) is 11.4 Å². The van der Waals surface area contributed by atoms with E-state index in [4.69, 9.17) is 17.3 Å². The van der Waals surface area contributed by atoms with Crippen LogP contribution in [0, 0.1) is 0 Å². The van der Waals surface area contributed by atoms with Gasteiger partial charge in [-0.1, -0.05) is 23.7 Å². The molecule has 0 aliphatic heterocycles. The minimum Gasteiger partial charge on any atom is -0.330 e. The molecule has 0 radical (unpaired) electrons. The maximum Gasteiger partial charge on any atom is 0.0495 e. The zero-order valence-electron chi connectivity index (χ0n) is 8.74. The maximum absolute atomic E-state index is 6.30. The van der Waals surface area contributed by atoms with E-state index in [-0.39, 0.29) is 0 Å². The zero-order chi connectivity index (χ0) is 11.1. The monoisotopic (exact) mass is 249 g/mol. The molecule has 0 amide bonds. The summed E-state index contributed by atoms with van der Waals surface area (Å²) in [6.45, 7) is 0.714. The molecule has 1 aromatic carbocycles. The second-order valence-corrected chi connectivity index (χ2v) is 5.36. The lowest BCUT2D eigenvalue weighted by Crippen LogP contribution is -2.05. The molecule has 0 bridgehead atoms. The summed E-state index contributed by atoms with van der Waals surface area (Å²) in [6, 6.07) is 8.38. The standard InChI is InChI=1S/C13H12ClNS/c14-11-3-1-2-9-8(4-6-15)10-5-7-16-13(10)12(9)11/h1-3,5,7-8H,4,6,15H2. The Morgan fingerprint density at radius 1 is 1.25 bits per heavy atom. The minimum absolute atomic E-state index is 0.444. The molecule has 3 rings (SSSR count). The van der Waals surface area contributed by atoms with Gasteiger partial charge in [-0.15, -0.1) is 11.3 Å². The highest BCUT2D eigenvalue weighted by Gasteiger charge is 2.30. The average Bonchev–Trinajstić information content (AvgIpc) is 2.82. The van der Waals surface area contributed by atoms with Crippen LogP contribution in [0.2, 0.25) is 5.02 Å². The van der Waals surface area contributed by atoms with Crippen LogP contribution in [-0.2, 0) is 0 Å². The van der Waals surface area contributed by atoms with Crippen LogP contribution in [0.25, 0.3) is 10.4 Å². The minimum atomic E-state index is 0.444. The number of hydrogen-bond acceptors (Lipinski definition) is 2. The van der Waals surface area contributed by atoms with Gasteiger partial charge >= 0.3 is 0 Å². The number of thiophene rings is 1. The Bertz CT molecular complexity index is 532. The van der Waals surface area contributed by atoms with E-state index in [0.29, 0.717) is 12.5 Å². The van der Waals surface area contributed by atoms with Crippen molar-refractivity contribution in [3.63, 3.8) is 0 Å². The molecule has 0 saturated carbocycles. The fourth-order valence-electron chi connectivity index (χ4n) is 2.51. The molecule has 0 spiro atoms. The Morgan fingerprint density at radius 2 is 2.12 bits per heavy atom. The van der Waals surface area contributed by atoms with Gasteiger partial charge in [-0.05, 0) is 41.6 Å². The van der Waals surface area contributed by atoms with Gasteiger partial charge in [0.2, 0.25) is 0 Å². The predicted octanol–water partition coefficient (Wildman–Crippen LogP) is 3.86. The lowest BCUT2D eigenvalue weighted by atomic mass is 9.94. The molecule has 1 aliphatic rings. The van der Waals surface area contributed by atoms with Crippen molar-refractivity contribution in [2.75, 3.05) is 6.54 Å². The Labute approximate surface area is 104 Å². The Kier molecular flexibility index (Phi) is 2.51. The summed E-state index contributed by atoms with van der Waals surface area (Å²) in [4.78, 5) is 1.33. The molecule has 82 valence electrons. The van der Waals surface area contributed by atoms with Gasteiger partial charge in [0, 0.05) is 21.4 Å². The van der Waals surface area contributed by atoms with Crippen molar-refractivity contribution in [3.05, 3.63) is 45.8 Å². The van der Waals surface area contributed by atoms with Gasteiger partial charge in [-0.3, -0.25) is 0 Å². The summed E-state index contributed by atoms with van der Waals surface area (Å²) in [5.41, 5.74) is 9.68. The van der Waals surface area contributed by atoms with E-state index in [1.807, 2.05) is 12.1 Å². The smallest absolute Gasteiger partial charge is 0.0495 e. The Morgan fingerprint density at radius 3 is 2.94 bits per heavy atom. The van der Waals surface area contributed by atoms with Gasteiger partial charge in [-0.2, -0.15) is 0 Å². The molecule has 2 N–H and O–H groups in total. The largest absolute Gasteiger partial charge is 0.330 e. The number of rotatable bonds is 2. The first-order valence-corrected chi connectivity index (χ1v) is 6.65. The van der Waals surface area contributed by atoms with E-state index >= 15 is 0 Å². The van der Waals surface area contributed by atoms with Gasteiger partial charge in [-0.25, -0.2) is 0 Å². The van der Waals surface area contributed by atoms with Crippen LogP contribution in [-0.4, -0.2) is 6.54 Å². The van der Waals surface area contributed by atoms with Crippen LogP contribution in [0.15, 0.2) is 29.6 Å². The maximum atomic E-state index is 6.30. The molecular formula is C13H12ClNS. The van der Waals surface area contributed by atoms with Gasteiger partial charge in [0.15, 0.2) is 0 Å². The van der Waals surface area contributed by atoms with Gasteiger partial charge < -0.3 is 5.73 Å². The van der Waals surface area contributed by atoms with Crippen molar-refractivity contribution in [3.8, 4) is 10.4 Å². The summed E-state index contributed by atoms with van der Waals surface area (Å²) in [5, 5.41) is 3.00. The highest BCUT2D eigenvalue weighted by Crippen LogP contribution is 2.51. The normalized spacial score (nSPS) is 17.2. The number of hydrogen-bond donors (Lipinski definition) is 1. The highest BCUT2D eigenvalue weighted by molar-refractivity contribution is 7.14. The van der Waals surface area contributed by atoms with Crippen molar-refractivity contribution in [1.82, 2.24) is 0 Å². The highest BCUT2D eigenvalue weighted by atomic mass is 35.5. The Hall–Kier alpha value is -0.830. The molecule has 1 unspecified atom stereocenters. The summed E-state index contributed by atoms with van der Waals surface area (Å²) >= 11 is 8.07. The van der Waals surface area contributed by atoms with E-state index in [9.17, 15) is 0 Å². The zero-order valence-corrected chi connectivity index (χ0v) is 10.3. The average molecular weight is 250 g/mol. The molecule has 3 heteroatoms. The van der Waals surface area contributed by atoms with Gasteiger partial charge in [0.25, 0.3) is 0 Å². The van der Waals surface area contributed by atoms with Crippen molar-refractivity contribution in [1.29, 1.82) is 0 Å². The summed E-state index contributed by atoms with van der Waals surface area (Å²) in [7, 11) is 0. The Balaban J connectivity index is 2.24. The number of nitrogens with two attached hydrogens (primary N) is 1. The van der Waals surface area contributed by atoms with E-state index in [1.54, 1.807) is 11.3 Å². The van der Waals surface area contributed by atoms with E-state index in [1.165, 1.54) is 21.6 Å². The molecule has 0 fully saturated rings. The third-order valence-electron chi connectivity index (χ3n) is 3.17. The lowest BCUT2D eigenvalue weighted by molar-refractivity contribution is 0.742. The molecule has 1 aliphatic carbocycles. The van der Waals surface area contributed by atoms with Crippen LogP contribution in [0.1, 0.15) is 23.5 Å². The third-order valence-corrected chi connectivity index (χ3v) is 4.44. The number of halogens is 1. The van der Waals surface area contributed by atoms with E-state index in [2.05, 4.69) is 17.5 Å². The fourth-order valence-corrected chi connectivity index (χ4v) is 3.89. The first kappa shape index (κ1) is 10.3. The van der Waals surface area contributed by atoms with Crippen LogP contribution in [0.3, 0.4) is 0 Å². The molecule has 1 atom stereocenters. The van der Waals surface area contributed by atoms with Crippen molar-refractivity contribution < 1.29 is 0 Å². The van der Waals surface area contributed by atoms with Crippen LogP contribution in [0.5, 0.6) is 0 Å².